The lowest BCUT2D eigenvalue weighted by molar-refractivity contribution is -0.120. The Balaban J connectivity index is 1.42. The molecule has 0 radical (unpaired) electrons. The molecule has 0 bridgehead atoms. The predicted octanol–water partition coefficient (Wildman–Crippen LogP) is 5.69. The van der Waals surface area contributed by atoms with E-state index in [-0.39, 0.29) is 0 Å². The summed E-state index contributed by atoms with van der Waals surface area (Å²) >= 11 is 0. The Bertz CT molecular complexity index is 530. The van der Waals surface area contributed by atoms with Gasteiger partial charge >= 0.3 is 0 Å². The molecule has 0 heterocycles. The van der Waals surface area contributed by atoms with E-state index < -0.39 is 0 Å². The maximum atomic E-state index is 11.8. The average molecular weight is 312 g/mol. The zero-order chi connectivity index (χ0) is 15.4. The molecule has 0 amide bonds. The first-order valence-electron chi connectivity index (χ1n) is 10.5. The second-order valence-corrected chi connectivity index (χ2v) is 9.33. The Kier molecular flexibility index (Phi) is 3.68. The third-order valence-corrected chi connectivity index (χ3v) is 8.53. The summed E-state index contributed by atoms with van der Waals surface area (Å²) in [4.78, 5) is 11.8. The highest BCUT2D eigenvalue weighted by Crippen LogP contribution is 2.58. The van der Waals surface area contributed by atoms with Gasteiger partial charge in [-0.25, -0.2) is 0 Å². The van der Waals surface area contributed by atoms with Gasteiger partial charge < -0.3 is 0 Å². The van der Waals surface area contributed by atoms with Crippen LogP contribution in [0.4, 0.5) is 0 Å². The zero-order valence-electron chi connectivity index (χ0n) is 14.6. The first kappa shape index (κ1) is 14.7. The van der Waals surface area contributed by atoms with Gasteiger partial charge in [0.15, 0.2) is 0 Å². The minimum atomic E-state index is 0.536. The number of carbonyl (C=O) groups excluding carboxylic acids is 1. The molecule has 0 aromatic carbocycles. The predicted molar refractivity (Wildman–Crippen MR) is 93.0 cm³/mol. The third-order valence-electron chi connectivity index (χ3n) is 8.53. The molecule has 126 valence electrons. The molecule has 6 unspecified atom stereocenters. The summed E-state index contributed by atoms with van der Waals surface area (Å²) in [5, 5.41) is 0. The highest BCUT2D eigenvalue weighted by Gasteiger charge is 2.48. The summed E-state index contributed by atoms with van der Waals surface area (Å²) in [5.74, 6) is 6.37. The van der Waals surface area contributed by atoms with E-state index in [0.717, 1.165) is 48.9 Å². The van der Waals surface area contributed by atoms with E-state index >= 15 is 0 Å². The molecule has 4 saturated carbocycles. The minimum absolute atomic E-state index is 0.536. The molecule has 0 aromatic rings. The molecule has 0 N–H and O–H groups in total. The molecule has 0 spiro atoms. The molecule has 0 saturated heterocycles. The highest BCUT2D eigenvalue weighted by atomic mass is 16.1. The molecule has 5 aliphatic rings. The van der Waals surface area contributed by atoms with Crippen molar-refractivity contribution in [3.8, 4) is 0 Å². The number of ketones is 1. The SMILES string of the molecule is O=C1CCC2=C3CCC4C5CCCCC5CCC4C3CCC2C1. The number of carbonyl (C=O) groups is 1. The molecule has 23 heavy (non-hydrogen) atoms. The standard InChI is InChI=1S/C22H32O/c23-16-7-10-18-15(13-16)6-9-22-20(18)12-11-19-17-4-2-1-3-14(17)5-8-21(19)22/h14-15,17,19,21-22H,1-13H2. The Morgan fingerprint density at radius 3 is 2.52 bits per heavy atom. The van der Waals surface area contributed by atoms with Gasteiger partial charge in [-0.15, -0.1) is 0 Å². The number of hydrogen-bond donors (Lipinski definition) is 0. The number of allylic oxidation sites excluding steroid dienone is 2. The van der Waals surface area contributed by atoms with Gasteiger partial charge in [0, 0.05) is 12.8 Å². The van der Waals surface area contributed by atoms with Crippen molar-refractivity contribution in [1.82, 2.24) is 0 Å². The summed E-state index contributed by atoms with van der Waals surface area (Å²) in [6.07, 6.45) is 17.6. The first-order valence-corrected chi connectivity index (χ1v) is 10.5. The number of fused-ring (bicyclic) bond motifs is 6. The second kappa shape index (κ2) is 5.74. The van der Waals surface area contributed by atoms with Crippen molar-refractivity contribution in [3.05, 3.63) is 11.1 Å². The van der Waals surface area contributed by atoms with Crippen LogP contribution >= 0.6 is 0 Å². The Morgan fingerprint density at radius 2 is 1.57 bits per heavy atom. The highest BCUT2D eigenvalue weighted by molar-refractivity contribution is 5.80. The second-order valence-electron chi connectivity index (χ2n) is 9.33. The van der Waals surface area contributed by atoms with Crippen LogP contribution in [0.25, 0.3) is 0 Å². The molecule has 4 fully saturated rings. The van der Waals surface area contributed by atoms with Crippen molar-refractivity contribution < 1.29 is 4.79 Å². The number of hydrogen-bond acceptors (Lipinski definition) is 1. The van der Waals surface area contributed by atoms with Crippen LogP contribution in [0.5, 0.6) is 0 Å². The number of Topliss-reactive ketones (excluding diaryl/α,β-unsaturated/α-hetero) is 1. The molecule has 5 aliphatic carbocycles. The summed E-state index contributed by atoms with van der Waals surface area (Å²) < 4.78 is 0. The molecule has 1 heteroatoms. The Hall–Kier alpha value is -0.590. The smallest absolute Gasteiger partial charge is 0.133 e. The fourth-order valence-corrected chi connectivity index (χ4v) is 7.64. The molecular formula is C22H32O. The average Bonchev–Trinajstić information content (AvgIpc) is 2.60. The van der Waals surface area contributed by atoms with Gasteiger partial charge in [-0.05, 0) is 86.9 Å². The molecule has 0 aliphatic heterocycles. The lowest BCUT2D eigenvalue weighted by Gasteiger charge is -2.53. The maximum Gasteiger partial charge on any atom is 0.133 e. The van der Waals surface area contributed by atoms with Gasteiger partial charge in [0.1, 0.15) is 5.78 Å². The Labute approximate surface area is 141 Å². The van der Waals surface area contributed by atoms with Crippen LogP contribution in [0.2, 0.25) is 0 Å². The van der Waals surface area contributed by atoms with Crippen molar-refractivity contribution in [2.24, 2.45) is 35.5 Å². The van der Waals surface area contributed by atoms with Crippen molar-refractivity contribution >= 4 is 5.78 Å². The van der Waals surface area contributed by atoms with Gasteiger partial charge in [-0.2, -0.15) is 0 Å². The topological polar surface area (TPSA) is 17.1 Å². The van der Waals surface area contributed by atoms with Crippen molar-refractivity contribution in [3.63, 3.8) is 0 Å². The van der Waals surface area contributed by atoms with Crippen molar-refractivity contribution in [2.75, 3.05) is 0 Å². The minimum Gasteiger partial charge on any atom is -0.300 e. The summed E-state index contributed by atoms with van der Waals surface area (Å²) in [6, 6.07) is 0. The van der Waals surface area contributed by atoms with Gasteiger partial charge in [-0.1, -0.05) is 30.4 Å². The van der Waals surface area contributed by atoms with Crippen LogP contribution < -0.4 is 0 Å². The third kappa shape index (κ3) is 2.36. The van der Waals surface area contributed by atoms with E-state index in [4.69, 9.17) is 0 Å². The molecule has 5 rings (SSSR count). The van der Waals surface area contributed by atoms with E-state index in [1.165, 1.54) is 57.8 Å². The van der Waals surface area contributed by atoms with Crippen LogP contribution in [0.3, 0.4) is 0 Å². The van der Waals surface area contributed by atoms with Gasteiger partial charge in [0.2, 0.25) is 0 Å². The lowest BCUT2D eigenvalue weighted by atomic mass is 9.51. The maximum absolute atomic E-state index is 11.8. The van der Waals surface area contributed by atoms with E-state index in [0.29, 0.717) is 11.7 Å². The normalized spacial score (nSPS) is 46.5. The molecular weight excluding hydrogens is 280 g/mol. The first-order chi connectivity index (χ1) is 11.3. The molecule has 6 atom stereocenters. The van der Waals surface area contributed by atoms with Crippen LogP contribution in [-0.4, -0.2) is 5.78 Å². The van der Waals surface area contributed by atoms with Crippen molar-refractivity contribution in [1.29, 1.82) is 0 Å². The lowest BCUT2D eigenvalue weighted by Crippen LogP contribution is -2.44. The fourth-order valence-electron chi connectivity index (χ4n) is 7.64. The van der Waals surface area contributed by atoms with Crippen LogP contribution in [0.1, 0.15) is 83.5 Å². The molecule has 0 aromatic heterocycles. The van der Waals surface area contributed by atoms with Crippen LogP contribution in [0, 0.1) is 35.5 Å². The van der Waals surface area contributed by atoms with Gasteiger partial charge in [-0.3, -0.25) is 4.79 Å². The Morgan fingerprint density at radius 1 is 0.652 bits per heavy atom. The van der Waals surface area contributed by atoms with E-state index in [9.17, 15) is 4.79 Å². The van der Waals surface area contributed by atoms with Crippen LogP contribution in [-0.2, 0) is 4.79 Å². The van der Waals surface area contributed by atoms with Crippen LogP contribution in [0.15, 0.2) is 11.1 Å². The summed E-state index contributed by atoms with van der Waals surface area (Å²) in [7, 11) is 0. The quantitative estimate of drug-likeness (QED) is 0.525. The van der Waals surface area contributed by atoms with Gasteiger partial charge in [0.05, 0.1) is 0 Å². The largest absolute Gasteiger partial charge is 0.300 e. The summed E-state index contributed by atoms with van der Waals surface area (Å²) in [5.41, 5.74) is 3.66. The monoisotopic (exact) mass is 312 g/mol. The van der Waals surface area contributed by atoms with E-state index in [1.807, 2.05) is 5.57 Å². The molecule has 1 nitrogen and oxygen atoms in total. The fraction of sp³-hybridized carbons (Fsp3) is 0.864. The number of rotatable bonds is 0. The van der Waals surface area contributed by atoms with Gasteiger partial charge in [0.25, 0.3) is 0 Å². The summed E-state index contributed by atoms with van der Waals surface area (Å²) in [6.45, 7) is 0. The zero-order valence-corrected chi connectivity index (χ0v) is 14.6. The van der Waals surface area contributed by atoms with E-state index in [1.54, 1.807) is 12.0 Å². The van der Waals surface area contributed by atoms with Crippen molar-refractivity contribution in [2.45, 2.75) is 83.5 Å². The van der Waals surface area contributed by atoms with E-state index in [2.05, 4.69) is 0 Å².